The van der Waals surface area contributed by atoms with E-state index in [-0.39, 0.29) is 11.7 Å². The highest BCUT2D eigenvalue weighted by Crippen LogP contribution is 2.34. The molecule has 1 aromatic heterocycles. The van der Waals surface area contributed by atoms with Crippen LogP contribution in [-0.4, -0.2) is 80.7 Å². The van der Waals surface area contributed by atoms with Gasteiger partial charge < -0.3 is 18.6 Å². The molecule has 1 spiro atoms. The average molecular weight is 350 g/mol. The maximum Gasteiger partial charge on any atom is 0.117 e. The van der Waals surface area contributed by atoms with Crippen LogP contribution in [0.2, 0.25) is 0 Å². The molecule has 0 N–H and O–H groups in total. The van der Waals surface area contributed by atoms with Crippen LogP contribution in [0.25, 0.3) is 0 Å². The van der Waals surface area contributed by atoms with Crippen molar-refractivity contribution >= 4 is 0 Å². The summed E-state index contributed by atoms with van der Waals surface area (Å²) in [6, 6.07) is 4.49. The van der Waals surface area contributed by atoms with Gasteiger partial charge in [0.1, 0.15) is 11.4 Å². The summed E-state index contributed by atoms with van der Waals surface area (Å²) in [5.41, 5.74) is -0.144. The summed E-state index contributed by atoms with van der Waals surface area (Å²) < 4.78 is 23.5. The maximum absolute atomic E-state index is 6.57. The second kappa shape index (κ2) is 7.76. The zero-order valence-electron chi connectivity index (χ0n) is 15.2. The van der Waals surface area contributed by atoms with Gasteiger partial charge in [0.2, 0.25) is 0 Å². The van der Waals surface area contributed by atoms with Gasteiger partial charge >= 0.3 is 0 Å². The van der Waals surface area contributed by atoms with E-state index in [1.165, 1.54) is 0 Å². The average Bonchev–Trinajstić information content (AvgIpc) is 3.31. The van der Waals surface area contributed by atoms with Crippen LogP contribution in [0.4, 0.5) is 0 Å². The number of hydrogen-bond acceptors (Lipinski definition) is 6. The first-order valence-corrected chi connectivity index (χ1v) is 9.51. The number of hydrogen-bond donors (Lipinski definition) is 0. The fraction of sp³-hybridized carbons (Fsp3) is 0.789. The molecule has 3 fully saturated rings. The van der Waals surface area contributed by atoms with Gasteiger partial charge in [0, 0.05) is 32.3 Å². The Kier molecular flexibility index (Phi) is 5.43. The van der Waals surface area contributed by atoms with Gasteiger partial charge in [0.05, 0.1) is 38.7 Å². The summed E-state index contributed by atoms with van der Waals surface area (Å²) in [7, 11) is 2.13. The summed E-state index contributed by atoms with van der Waals surface area (Å²) in [6.07, 6.45) is 5.31. The SMILES string of the molecule is CN(Cc1ccco1)C[C@@H]1CC[C@@]2(COCCN([C@H]3CCOC3)C2)O1. The van der Waals surface area contributed by atoms with Gasteiger partial charge in [0.25, 0.3) is 0 Å². The van der Waals surface area contributed by atoms with Crippen molar-refractivity contribution in [2.24, 2.45) is 0 Å². The van der Waals surface area contributed by atoms with E-state index < -0.39 is 0 Å². The lowest BCUT2D eigenvalue weighted by Crippen LogP contribution is -2.48. The molecule has 0 saturated carbocycles. The molecule has 0 unspecified atom stereocenters. The molecule has 0 aliphatic carbocycles. The van der Waals surface area contributed by atoms with Crippen LogP contribution in [-0.2, 0) is 20.8 Å². The number of furan rings is 1. The largest absolute Gasteiger partial charge is 0.468 e. The molecule has 0 amide bonds. The second-order valence-corrected chi connectivity index (χ2v) is 7.78. The van der Waals surface area contributed by atoms with Gasteiger partial charge in [-0.1, -0.05) is 0 Å². The number of likely N-dealkylation sites (N-methyl/N-ethyl adjacent to an activating group) is 1. The van der Waals surface area contributed by atoms with Gasteiger partial charge in [0.15, 0.2) is 0 Å². The Morgan fingerprint density at radius 3 is 3.04 bits per heavy atom. The van der Waals surface area contributed by atoms with E-state index in [4.69, 9.17) is 18.6 Å². The third-order valence-corrected chi connectivity index (χ3v) is 5.66. The van der Waals surface area contributed by atoms with E-state index in [1.54, 1.807) is 6.26 Å². The van der Waals surface area contributed by atoms with Crippen LogP contribution in [0.15, 0.2) is 22.8 Å². The van der Waals surface area contributed by atoms with Crippen LogP contribution in [0.3, 0.4) is 0 Å². The quantitative estimate of drug-likeness (QED) is 0.806. The lowest BCUT2D eigenvalue weighted by Gasteiger charge is -2.34. The van der Waals surface area contributed by atoms with Crippen molar-refractivity contribution in [2.75, 3.05) is 53.1 Å². The summed E-state index contributed by atoms with van der Waals surface area (Å²) in [5.74, 6) is 1.00. The van der Waals surface area contributed by atoms with E-state index >= 15 is 0 Å². The summed E-state index contributed by atoms with van der Waals surface area (Å²) in [6.45, 7) is 6.96. The fourth-order valence-corrected chi connectivity index (χ4v) is 4.38. The Hall–Kier alpha value is -0.920. The molecule has 4 heterocycles. The fourth-order valence-electron chi connectivity index (χ4n) is 4.38. The molecule has 3 aliphatic rings. The smallest absolute Gasteiger partial charge is 0.117 e. The Balaban J connectivity index is 1.33. The zero-order valence-corrected chi connectivity index (χ0v) is 15.2. The Labute approximate surface area is 150 Å². The van der Waals surface area contributed by atoms with Crippen LogP contribution in [0, 0.1) is 0 Å². The molecule has 0 bridgehead atoms. The molecule has 0 aromatic carbocycles. The van der Waals surface area contributed by atoms with Gasteiger partial charge in [-0.05, 0) is 38.4 Å². The molecule has 0 radical (unpaired) electrons. The van der Waals surface area contributed by atoms with E-state index in [1.807, 2.05) is 12.1 Å². The third-order valence-electron chi connectivity index (χ3n) is 5.66. The minimum Gasteiger partial charge on any atom is -0.468 e. The summed E-state index contributed by atoms with van der Waals surface area (Å²) in [4.78, 5) is 4.82. The van der Waals surface area contributed by atoms with Crippen molar-refractivity contribution in [3.05, 3.63) is 24.2 Å². The molecule has 3 saturated heterocycles. The lowest BCUT2D eigenvalue weighted by atomic mass is 9.99. The van der Waals surface area contributed by atoms with Gasteiger partial charge in [-0.25, -0.2) is 0 Å². The molecular formula is C19H30N2O4. The first-order chi connectivity index (χ1) is 12.2. The Morgan fingerprint density at radius 2 is 2.24 bits per heavy atom. The van der Waals surface area contributed by atoms with E-state index in [0.29, 0.717) is 6.04 Å². The normalized spacial score (nSPS) is 34.2. The molecule has 3 aliphatic heterocycles. The van der Waals surface area contributed by atoms with Crippen molar-refractivity contribution in [3.63, 3.8) is 0 Å². The molecular weight excluding hydrogens is 320 g/mol. The maximum atomic E-state index is 6.57. The van der Waals surface area contributed by atoms with Crippen molar-refractivity contribution in [2.45, 2.75) is 43.6 Å². The van der Waals surface area contributed by atoms with E-state index in [0.717, 1.165) is 77.6 Å². The minimum absolute atomic E-state index is 0.144. The predicted molar refractivity (Wildman–Crippen MR) is 93.5 cm³/mol. The molecule has 3 atom stereocenters. The topological polar surface area (TPSA) is 47.3 Å². The number of rotatable bonds is 5. The van der Waals surface area contributed by atoms with Gasteiger partial charge in [-0.2, -0.15) is 0 Å². The Morgan fingerprint density at radius 1 is 1.28 bits per heavy atom. The second-order valence-electron chi connectivity index (χ2n) is 7.78. The minimum atomic E-state index is -0.144. The predicted octanol–water partition coefficient (Wildman–Crippen LogP) is 1.75. The summed E-state index contributed by atoms with van der Waals surface area (Å²) in [5, 5.41) is 0. The van der Waals surface area contributed by atoms with Crippen LogP contribution in [0.1, 0.15) is 25.0 Å². The molecule has 25 heavy (non-hydrogen) atoms. The lowest BCUT2D eigenvalue weighted by molar-refractivity contribution is -0.0936. The highest BCUT2D eigenvalue weighted by Gasteiger charge is 2.44. The summed E-state index contributed by atoms with van der Waals surface area (Å²) >= 11 is 0. The molecule has 6 heteroatoms. The third kappa shape index (κ3) is 4.26. The van der Waals surface area contributed by atoms with Crippen LogP contribution in [0.5, 0.6) is 0 Å². The first kappa shape index (κ1) is 17.5. The van der Waals surface area contributed by atoms with Crippen molar-refractivity contribution < 1.29 is 18.6 Å². The highest BCUT2D eigenvalue weighted by atomic mass is 16.6. The van der Waals surface area contributed by atoms with Crippen molar-refractivity contribution in [1.82, 2.24) is 9.80 Å². The molecule has 6 nitrogen and oxygen atoms in total. The monoisotopic (exact) mass is 350 g/mol. The number of ether oxygens (including phenoxy) is 3. The van der Waals surface area contributed by atoms with E-state index in [9.17, 15) is 0 Å². The van der Waals surface area contributed by atoms with Crippen LogP contribution < -0.4 is 0 Å². The first-order valence-electron chi connectivity index (χ1n) is 9.51. The molecule has 4 rings (SSSR count). The molecule has 140 valence electrons. The van der Waals surface area contributed by atoms with Crippen molar-refractivity contribution in [1.29, 1.82) is 0 Å². The zero-order chi connectivity index (χ0) is 17.1. The Bertz CT molecular complexity index is 532. The molecule has 1 aromatic rings. The standard InChI is InChI=1S/C19H30N2O4/c1-20(11-17-3-2-8-24-17)12-18-4-6-19(25-18)14-21(7-10-23-15-19)16-5-9-22-13-16/h2-3,8,16,18H,4-7,9-15H2,1H3/t16-,18-,19+/m0/s1. The van der Waals surface area contributed by atoms with Gasteiger partial charge in [-0.15, -0.1) is 0 Å². The number of nitrogens with zero attached hydrogens (tertiary/aromatic N) is 2. The van der Waals surface area contributed by atoms with Gasteiger partial charge in [-0.3, -0.25) is 9.80 Å². The van der Waals surface area contributed by atoms with Crippen molar-refractivity contribution in [3.8, 4) is 0 Å². The highest BCUT2D eigenvalue weighted by molar-refractivity contribution is 4.99. The van der Waals surface area contributed by atoms with Crippen LogP contribution >= 0.6 is 0 Å². The van der Waals surface area contributed by atoms with E-state index in [2.05, 4.69) is 16.8 Å².